The second-order valence-electron chi connectivity index (χ2n) is 5.98. The Bertz CT molecular complexity index is 944. The summed E-state index contributed by atoms with van der Waals surface area (Å²) < 4.78 is 23.4. The van der Waals surface area contributed by atoms with Gasteiger partial charge in [-0.3, -0.25) is 4.79 Å². The van der Waals surface area contributed by atoms with E-state index in [1.165, 1.54) is 12.1 Å². The molecule has 0 aliphatic rings. The molecule has 7 heteroatoms. The van der Waals surface area contributed by atoms with E-state index in [-0.39, 0.29) is 18.1 Å². The number of hydrogen-bond donors (Lipinski definition) is 2. The molecule has 0 bridgehead atoms. The zero-order valence-corrected chi connectivity index (χ0v) is 15.5. The minimum atomic E-state index is -0.295. The van der Waals surface area contributed by atoms with Crippen LogP contribution in [0.1, 0.15) is 5.56 Å². The fourth-order valence-electron chi connectivity index (χ4n) is 2.60. The predicted molar refractivity (Wildman–Crippen MR) is 106 cm³/mol. The summed E-state index contributed by atoms with van der Waals surface area (Å²) in [7, 11) is 3.11. The van der Waals surface area contributed by atoms with Crippen LogP contribution < -0.4 is 20.1 Å². The third-order valence-corrected chi connectivity index (χ3v) is 3.98. The Morgan fingerprint density at radius 2 is 1.68 bits per heavy atom. The predicted octanol–water partition coefficient (Wildman–Crippen LogP) is 4.16. The first-order valence-corrected chi connectivity index (χ1v) is 8.57. The Balaban J connectivity index is 1.59. The highest BCUT2D eigenvalue weighted by molar-refractivity contribution is 5.91. The number of nitrogens with one attached hydrogen (secondary N) is 2. The lowest BCUT2D eigenvalue weighted by Gasteiger charge is -2.10. The number of anilines is 3. The van der Waals surface area contributed by atoms with Crippen molar-refractivity contribution in [1.29, 1.82) is 0 Å². The highest BCUT2D eigenvalue weighted by Gasteiger charge is 2.09. The Morgan fingerprint density at radius 3 is 2.32 bits per heavy atom. The number of ether oxygens (including phenoxy) is 2. The number of aromatic nitrogens is 1. The van der Waals surface area contributed by atoms with Crippen LogP contribution in [-0.2, 0) is 11.2 Å². The number of hydrogen-bond acceptors (Lipinski definition) is 5. The summed E-state index contributed by atoms with van der Waals surface area (Å²) in [6.45, 7) is 0. The van der Waals surface area contributed by atoms with Gasteiger partial charge in [-0.1, -0.05) is 6.07 Å². The molecule has 3 aromatic rings. The molecule has 0 radical (unpaired) electrons. The highest BCUT2D eigenvalue weighted by Crippen LogP contribution is 2.27. The summed E-state index contributed by atoms with van der Waals surface area (Å²) in [6.07, 6.45) is 1.77. The third-order valence-electron chi connectivity index (χ3n) is 3.98. The van der Waals surface area contributed by atoms with Crippen molar-refractivity contribution in [1.82, 2.24) is 4.98 Å². The van der Waals surface area contributed by atoms with Crippen molar-refractivity contribution in [2.45, 2.75) is 6.42 Å². The van der Waals surface area contributed by atoms with Crippen LogP contribution in [0.5, 0.6) is 11.5 Å². The van der Waals surface area contributed by atoms with Crippen molar-refractivity contribution < 1.29 is 18.7 Å². The topological polar surface area (TPSA) is 72.5 Å². The molecule has 28 heavy (non-hydrogen) atoms. The summed E-state index contributed by atoms with van der Waals surface area (Å²) in [6, 6.07) is 14.8. The third kappa shape index (κ3) is 4.97. The largest absolute Gasteiger partial charge is 0.493 e. The van der Waals surface area contributed by atoms with Gasteiger partial charge in [-0.2, -0.15) is 0 Å². The summed E-state index contributed by atoms with van der Waals surface area (Å²) in [4.78, 5) is 16.5. The molecule has 2 N–H and O–H groups in total. The molecule has 0 spiro atoms. The van der Waals surface area contributed by atoms with Gasteiger partial charge in [0.1, 0.15) is 11.6 Å². The Morgan fingerprint density at radius 1 is 0.964 bits per heavy atom. The summed E-state index contributed by atoms with van der Waals surface area (Å²) in [5.74, 6) is 1.13. The second kappa shape index (κ2) is 8.85. The molecule has 144 valence electrons. The maximum atomic E-state index is 12.9. The number of rotatable bonds is 7. The van der Waals surface area contributed by atoms with Crippen LogP contribution >= 0.6 is 0 Å². The summed E-state index contributed by atoms with van der Waals surface area (Å²) >= 11 is 0. The number of nitrogens with zero attached hydrogens (tertiary/aromatic N) is 1. The Kier molecular flexibility index (Phi) is 6.06. The van der Waals surface area contributed by atoms with Gasteiger partial charge in [-0.25, -0.2) is 9.37 Å². The highest BCUT2D eigenvalue weighted by atomic mass is 19.1. The van der Waals surface area contributed by atoms with Crippen LogP contribution in [0.25, 0.3) is 0 Å². The van der Waals surface area contributed by atoms with Crippen molar-refractivity contribution in [2.24, 2.45) is 0 Å². The standard InChI is InChI=1S/C21H20FN3O3/c1-27-18-9-3-14(11-19(18)28-2)12-21(26)25-20-10-8-17(13-23-20)24-16-6-4-15(22)5-7-16/h3-11,13,24H,12H2,1-2H3,(H,23,25,26). The molecule has 1 aromatic heterocycles. The van der Waals surface area contributed by atoms with Crippen LogP contribution in [0, 0.1) is 5.82 Å². The van der Waals surface area contributed by atoms with Crippen LogP contribution in [0.3, 0.4) is 0 Å². The van der Waals surface area contributed by atoms with E-state index >= 15 is 0 Å². The zero-order chi connectivity index (χ0) is 19.9. The van der Waals surface area contributed by atoms with Gasteiger partial charge in [-0.05, 0) is 54.1 Å². The second-order valence-corrected chi connectivity index (χ2v) is 5.98. The van der Waals surface area contributed by atoms with Crippen molar-refractivity contribution in [3.63, 3.8) is 0 Å². The zero-order valence-electron chi connectivity index (χ0n) is 15.5. The van der Waals surface area contributed by atoms with Crippen molar-refractivity contribution in [2.75, 3.05) is 24.9 Å². The Hall–Kier alpha value is -3.61. The molecule has 0 unspecified atom stereocenters. The molecule has 0 aliphatic heterocycles. The SMILES string of the molecule is COc1ccc(CC(=O)Nc2ccc(Nc3ccc(F)cc3)cn2)cc1OC. The average molecular weight is 381 g/mol. The molecule has 0 aliphatic carbocycles. The molecule has 0 saturated carbocycles. The first kappa shape index (κ1) is 19.2. The lowest BCUT2D eigenvalue weighted by molar-refractivity contribution is -0.115. The van der Waals surface area contributed by atoms with Crippen molar-refractivity contribution in [3.8, 4) is 11.5 Å². The van der Waals surface area contributed by atoms with Gasteiger partial charge in [0.05, 0.1) is 32.5 Å². The van der Waals surface area contributed by atoms with E-state index in [2.05, 4.69) is 15.6 Å². The summed E-state index contributed by atoms with van der Waals surface area (Å²) in [5.41, 5.74) is 2.27. The number of benzene rings is 2. The number of pyridine rings is 1. The smallest absolute Gasteiger partial charge is 0.229 e. The number of halogens is 1. The Labute approximate surface area is 162 Å². The van der Waals surface area contributed by atoms with E-state index in [9.17, 15) is 9.18 Å². The van der Waals surface area contributed by atoms with E-state index < -0.39 is 0 Å². The maximum absolute atomic E-state index is 12.9. The van der Waals surface area contributed by atoms with Crippen LogP contribution in [0.2, 0.25) is 0 Å². The van der Waals surface area contributed by atoms with Gasteiger partial charge >= 0.3 is 0 Å². The molecule has 3 rings (SSSR count). The lowest BCUT2D eigenvalue weighted by atomic mass is 10.1. The first-order chi connectivity index (χ1) is 13.6. The summed E-state index contributed by atoms with van der Waals surface area (Å²) in [5, 5.41) is 5.86. The van der Waals surface area contributed by atoms with E-state index in [0.29, 0.717) is 17.3 Å². The van der Waals surface area contributed by atoms with Crippen LogP contribution in [0.15, 0.2) is 60.8 Å². The van der Waals surface area contributed by atoms with E-state index in [4.69, 9.17) is 9.47 Å². The molecule has 6 nitrogen and oxygen atoms in total. The van der Waals surface area contributed by atoms with Crippen LogP contribution in [0.4, 0.5) is 21.6 Å². The van der Waals surface area contributed by atoms with Crippen LogP contribution in [-0.4, -0.2) is 25.1 Å². The van der Waals surface area contributed by atoms with Gasteiger partial charge in [0.15, 0.2) is 11.5 Å². The minimum Gasteiger partial charge on any atom is -0.493 e. The molecular weight excluding hydrogens is 361 g/mol. The molecule has 0 saturated heterocycles. The van der Waals surface area contributed by atoms with E-state index in [0.717, 1.165) is 16.9 Å². The lowest BCUT2D eigenvalue weighted by Crippen LogP contribution is -2.15. The fourth-order valence-corrected chi connectivity index (χ4v) is 2.60. The quantitative estimate of drug-likeness (QED) is 0.643. The van der Waals surface area contributed by atoms with Crippen molar-refractivity contribution in [3.05, 3.63) is 72.2 Å². The maximum Gasteiger partial charge on any atom is 0.229 e. The molecule has 2 aromatic carbocycles. The normalized spacial score (nSPS) is 10.2. The molecule has 0 atom stereocenters. The molecule has 1 amide bonds. The van der Waals surface area contributed by atoms with Gasteiger partial charge in [0, 0.05) is 5.69 Å². The van der Waals surface area contributed by atoms with E-state index in [1.807, 2.05) is 6.07 Å². The minimum absolute atomic E-state index is 0.178. The number of methoxy groups -OCH3 is 2. The fraction of sp³-hybridized carbons (Fsp3) is 0.143. The molecule has 1 heterocycles. The molecule has 0 fully saturated rings. The number of amides is 1. The van der Waals surface area contributed by atoms with Gasteiger partial charge < -0.3 is 20.1 Å². The van der Waals surface area contributed by atoms with Gasteiger partial charge in [-0.15, -0.1) is 0 Å². The van der Waals surface area contributed by atoms with E-state index in [1.54, 1.807) is 56.8 Å². The van der Waals surface area contributed by atoms with Crippen molar-refractivity contribution >= 4 is 23.1 Å². The number of carbonyl (C=O) groups is 1. The number of carbonyl (C=O) groups excluding carboxylic acids is 1. The first-order valence-electron chi connectivity index (χ1n) is 8.57. The van der Waals surface area contributed by atoms with Gasteiger partial charge in [0.2, 0.25) is 5.91 Å². The average Bonchev–Trinajstić information content (AvgIpc) is 2.71. The van der Waals surface area contributed by atoms with Gasteiger partial charge in [0.25, 0.3) is 0 Å². The monoisotopic (exact) mass is 381 g/mol. The molecular formula is C21H20FN3O3.